The molecule has 0 amide bonds. The maximum Gasteiger partial charge on any atom is 0.242 e. The highest BCUT2D eigenvalue weighted by Crippen LogP contribution is 2.25. The summed E-state index contributed by atoms with van der Waals surface area (Å²) in [6.45, 7) is 8.65. The Morgan fingerprint density at radius 3 is 2.75 bits per heavy atom. The summed E-state index contributed by atoms with van der Waals surface area (Å²) in [4.78, 5) is 8.52. The van der Waals surface area contributed by atoms with E-state index in [2.05, 4.69) is 21.9 Å². The van der Waals surface area contributed by atoms with E-state index in [1.54, 1.807) is 6.08 Å². The van der Waals surface area contributed by atoms with Crippen molar-refractivity contribution in [2.45, 2.75) is 20.3 Å². The molecule has 3 N–H and O–H groups in total. The van der Waals surface area contributed by atoms with E-state index in [-0.39, 0.29) is 0 Å². The van der Waals surface area contributed by atoms with Crippen LogP contribution in [0.3, 0.4) is 0 Å². The Morgan fingerprint density at radius 1 is 1.44 bits per heavy atom. The topological polar surface area (TPSA) is 73.1 Å². The predicted molar refractivity (Wildman–Crippen MR) is 65.7 cm³/mol. The van der Waals surface area contributed by atoms with Crippen molar-refractivity contribution in [3.8, 4) is 5.88 Å². The summed E-state index contributed by atoms with van der Waals surface area (Å²) >= 11 is 0. The van der Waals surface area contributed by atoms with Crippen LogP contribution in [0.15, 0.2) is 12.7 Å². The first-order valence-corrected chi connectivity index (χ1v) is 5.36. The number of ether oxygens (including phenoxy) is 1. The molecule has 0 atom stereocenters. The highest BCUT2D eigenvalue weighted by atomic mass is 16.5. The molecular weight excluding hydrogens is 204 g/mol. The molecule has 1 heterocycles. The third-order valence-electron chi connectivity index (χ3n) is 1.97. The molecule has 0 aliphatic heterocycles. The van der Waals surface area contributed by atoms with Crippen LogP contribution >= 0.6 is 0 Å². The lowest BCUT2D eigenvalue weighted by Gasteiger charge is -2.12. The maximum atomic E-state index is 5.89. The minimum atomic E-state index is 0.445. The molecule has 1 rings (SSSR count). The standard InChI is InChI=1S/C11H18N4O/c1-4-7-13-10-9(12)11(16-6-3)15-8(5-2)14-10/h4H,1,5-7,12H2,2-3H3,(H,13,14,15). The molecule has 88 valence electrons. The molecule has 0 aliphatic carbocycles. The summed E-state index contributed by atoms with van der Waals surface area (Å²) in [6, 6.07) is 0. The zero-order valence-electron chi connectivity index (χ0n) is 9.79. The summed E-state index contributed by atoms with van der Waals surface area (Å²) in [7, 11) is 0. The van der Waals surface area contributed by atoms with E-state index in [9.17, 15) is 0 Å². The van der Waals surface area contributed by atoms with Gasteiger partial charge in [-0.05, 0) is 6.92 Å². The average molecular weight is 222 g/mol. The maximum absolute atomic E-state index is 5.89. The van der Waals surface area contributed by atoms with Crippen molar-refractivity contribution in [3.63, 3.8) is 0 Å². The number of anilines is 2. The Morgan fingerprint density at radius 2 is 2.19 bits per heavy atom. The summed E-state index contributed by atoms with van der Waals surface area (Å²) in [5.74, 6) is 1.76. The van der Waals surface area contributed by atoms with Gasteiger partial charge in [-0.1, -0.05) is 13.0 Å². The molecule has 0 aliphatic rings. The van der Waals surface area contributed by atoms with Crippen molar-refractivity contribution in [2.24, 2.45) is 0 Å². The van der Waals surface area contributed by atoms with Crippen molar-refractivity contribution >= 4 is 11.5 Å². The van der Waals surface area contributed by atoms with Crippen molar-refractivity contribution in [2.75, 3.05) is 24.2 Å². The molecule has 0 saturated heterocycles. The lowest BCUT2D eigenvalue weighted by Crippen LogP contribution is -2.10. The second kappa shape index (κ2) is 5.95. The lowest BCUT2D eigenvalue weighted by molar-refractivity contribution is 0.327. The molecule has 0 bridgehead atoms. The van der Waals surface area contributed by atoms with Crippen LogP contribution in [0.5, 0.6) is 5.88 Å². The third kappa shape index (κ3) is 2.85. The second-order valence-corrected chi connectivity index (χ2v) is 3.16. The van der Waals surface area contributed by atoms with Crippen LogP contribution in [0.2, 0.25) is 0 Å². The van der Waals surface area contributed by atoms with Gasteiger partial charge >= 0.3 is 0 Å². The fourth-order valence-corrected chi connectivity index (χ4v) is 1.20. The number of nitrogens with two attached hydrogens (primary N) is 1. The summed E-state index contributed by atoms with van der Waals surface area (Å²) in [5.41, 5.74) is 6.33. The minimum Gasteiger partial charge on any atom is -0.476 e. The fourth-order valence-electron chi connectivity index (χ4n) is 1.20. The van der Waals surface area contributed by atoms with E-state index in [0.717, 1.165) is 6.42 Å². The second-order valence-electron chi connectivity index (χ2n) is 3.16. The summed E-state index contributed by atoms with van der Waals surface area (Å²) in [6.07, 6.45) is 2.48. The van der Waals surface area contributed by atoms with E-state index < -0.39 is 0 Å². The van der Waals surface area contributed by atoms with Crippen LogP contribution in [0.25, 0.3) is 0 Å². The monoisotopic (exact) mass is 222 g/mol. The SMILES string of the molecule is C=CCNc1nc(CC)nc(OCC)c1N. The van der Waals surface area contributed by atoms with Gasteiger partial charge in [0.05, 0.1) is 6.61 Å². The van der Waals surface area contributed by atoms with Crippen LogP contribution in [-0.4, -0.2) is 23.1 Å². The summed E-state index contributed by atoms with van der Waals surface area (Å²) in [5, 5.41) is 3.06. The molecule has 0 spiro atoms. The Labute approximate surface area is 95.7 Å². The average Bonchev–Trinajstić information content (AvgIpc) is 2.30. The third-order valence-corrected chi connectivity index (χ3v) is 1.97. The zero-order valence-corrected chi connectivity index (χ0v) is 9.79. The van der Waals surface area contributed by atoms with Gasteiger partial charge in [0.15, 0.2) is 5.82 Å². The first-order valence-electron chi connectivity index (χ1n) is 5.36. The quantitative estimate of drug-likeness (QED) is 0.715. The number of nitrogen functional groups attached to an aromatic ring is 1. The lowest BCUT2D eigenvalue weighted by atomic mass is 10.4. The molecule has 1 aromatic rings. The molecule has 0 radical (unpaired) electrons. The number of hydrogen-bond donors (Lipinski definition) is 2. The Hall–Kier alpha value is -1.78. The predicted octanol–water partition coefficient (Wildman–Crippen LogP) is 1.62. The number of aromatic nitrogens is 2. The highest BCUT2D eigenvalue weighted by Gasteiger charge is 2.11. The van der Waals surface area contributed by atoms with Gasteiger partial charge in [0.1, 0.15) is 11.5 Å². The van der Waals surface area contributed by atoms with Gasteiger partial charge in [0.25, 0.3) is 0 Å². The van der Waals surface area contributed by atoms with Crippen molar-refractivity contribution in [3.05, 3.63) is 18.5 Å². The van der Waals surface area contributed by atoms with Gasteiger partial charge in [0.2, 0.25) is 5.88 Å². The van der Waals surface area contributed by atoms with Gasteiger partial charge in [-0.25, -0.2) is 4.98 Å². The van der Waals surface area contributed by atoms with Gasteiger partial charge < -0.3 is 15.8 Å². The van der Waals surface area contributed by atoms with E-state index >= 15 is 0 Å². The van der Waals surface area contributed by atoms with Gasteiger partial charge in [-0.15, -0.1) is 6.58 Å². The molecule has 1 aromatic heterocycles. The summed E-state index contributed by atoms with van der Waals surface area (Å²) < 4.78 is 5.36. The van der Waals surface area contributed by atoms with Crippen molar-refractivity contribution in [1.82, 2.24) is 9.97 Å². The van der Waals surface area contributed by atoms with Crippen LogP contribution in [-0.2, 0) is 6.42 Å². The molecule has 0 saturated carbocycles. The van der Waals surface area contributed by atoms with E-state index in [4.69, 9.17) is 10.5 Å². The number of aryl methyl sites for hydroxylation is 1. The van der Waals surface area contributed by atoms with Gasteiger partial charge in [-0.2, -0.15) is 4.98 Å². The largest absolute Gasteiger partial charge is 0.476 e. The Kier molecular flexibility index (Phi) is 4.57. The van der Waals surface area contributed by atoms with Crippen molar-refractivity contribution < 1.29 is 4.74 Å². The zero-order chi connectivity index (χ0) is 12.0. The van der Waals surface area contributed by atoms with E-state index in [0.29, 0.717) is 36.4 Å². The molecular formula is C11H18N4O. The molecule has 16 heavy (non-hydrogen) atoms. The molecule has 0 aromatic carbocycles. The smallest absolute Gasteiger partial charge is 0.242 e. The van der Waals surface area contributed by atoms with Gasteiger partial charge in [0, 0.05) is 13.0 Å². The molecule has 5 heteroatoms. The normalized spacial score (nSPS) is 9.88. The van der Waals surface area contributed by atoms with E-state index in [1.807, 2.05) is 13.8 Å². The van der Waals surface area contributed by atoms with Crippen molar-refractivity contribution in [1.29, 1.82) is 0 Å². The Balaban J connectivity index is 3.04. The fraction of sp³-hybridized carbons (Fsp3) is 0.455. The molecule has 0 unspecified atom stereocenters. The van der Waals surface area contributed by atoms with Gasteiger partial charge in [-0.3, -0.25) is 0 Å². The van der Waals surface area contributed by atoms with Crippen LogP contribution in [0.4, 0.5) is 11.5 Å². The van der Waals surface area contributed by atoms with Crippen LogP contribution in [0, 0.1) is 0 Å². The van der Waals surface area contributed by atoms with Crippen LogP contribution < -0.4 is 15.8 Å². The first-order chi connectivity index (χ1) is 7.72. The number of rotatable bonds is 6. The highest BCUT2D eigenvalue weighted by molar-refractivity contribution is 5.67. The first kappa shape index (κ1) is 12.3. The number of nitrogens with one attached hydrogen (secondary N) is 1. The molecule has 5 nitrogen and oxygen atoms in total. The number of nitrogens with zero attached hydrogens (tertiary/aromatic N) is 2. The number of hydrogen-bond acceptors (Lipinski definition) is 5. The minimum absolute atomic E-state index is 0.445. The Bertz CT molecular complexity index is 365. The van der Waals surface area contributed by atoms with Crippen LogP contribution in [0.1, 0.15) is 19.7 Å². The van der Waals surface area contributed by atoms with E-state index in [1.165, 1.54) is 0 Å². The molecule has 0 fully saturated rings.